The van der Waals surface area contributed by atoms with E-state index >= 15 is 0 Å². The maximum atomic E-state index is 11.3. The van der Waals surface area contributed by atoms with Gasteiger partial charge in [-0.3, -0.25) is 4.21 Å². The predicted molar refractivity (Wildman–Crippen MR) is 76.9 cm³/mol. The zero-order valence-electron chi connectivity index (χ0n) is 11.1. The zero-order chi connectivity index (χ0) is 13.0. The Kier molecular flexibility index (Phi) is 4.64. The second kappa shape index (κ2) is 6.23. The molecule has 1 aliphatic heterocycles. The highest BCUT2D eigenvalue weighted by Crippen LogP contribution is 2.28. The number of nitrogens with one attached hydrogen (secondary N) is 1. The van der Waals surface area contributed by atoms with Gasteiger partial charge in [-0.25, -0.2) is 0 Å². The Morgan fingerprint density at radius 3 is 2.78 bits per heavy atom. The maximum Gasteiger partial charge on any atom is 0.142 e. The molecule has 1 fully saturated rings. The van der Waals surface area contributed by atoms with Crippen molar-refractivity contribution in [3.63, 3.8) is 0 Å². The Bertz CT molecular complexity index is 424. The van der Waals surface area contributed by atoms with Crippen LogP contribution in [0.15, 0.2) is 18.2 Å². The topological polar surface area (TPSA) is 38.3 Å². The van der Waals surface area contributed by atoms with Gasteiger partial charge in [-0.15, -0.1) is 0 Å². The molecule has 1 aromatic carbocycles. The molecule has 1 N–H and O–H groups in total. The third-order valence-corrected chi connectivity index (χ3v) is 4.57. The van der Waals surface area contributed by atoms with Crippen molar-refractivity contribution in [2.75, 3.05) is 23.4 Å². The average Bonchev–Trinajstić information content (AvgIpc) is 2.36. The second-order valence-electron chi connectivity index (χ2n) is 4.70. The van der Waals surface area contributed by atoms with E-state index in [4.69, 9.17) is 4.74 Å². The van der Waals surface area contributed by atoms with Crippen LogP contribution >= 0.6 is 0 Å². The quantitative estimate of drug-likeness (QED) is 0.911. The van der Waals surface area contributed by atoms with Crippen LogP contribution in [0.1, 0.15) is 25.3 Å². The summed E-state index contributed by atoms with van der Waals surface area (Å²) >= 11 is 0. The van der Waals surface area contributed by atoms with Gasteiger partial charge in [0, 0.05) is 28.3 Å². The molecule has 1 heterocycles. The molecule has 0 spiro atoms. The lowest BCUT2D eigenvalue weighted by Gasteiger charge is -2.25. The van der Waals surface area contributed by atoms with Gasteiger partial charge < -0.3 is 10.1 Å². The number of rotatable bonds is 4. The van der Waals surface area contributed by atoms with E-state index in [9.17, 15) is 4.21 Å². The first-order chi connectivity index (χ1) is 8.69. The highest BCUT2D eigenvalue weighted by atomic mass is 32.2. The van der Waals surface area contributed by atoms with Crippen molar-refractivity contribution in [3.8, 4) is 5.75 Å². The molecule has 0 bridgehead atoms. The van der Waals surface area contributed by atoms with Crippen LogP contribution in [0.4, 0.5) is 5.69 Å². The van der Waals surface area contributed by atoms with Crippen molar-refractivity contribution in [2.45, 2.75) is 32.7 Å². The third-order valence-electron chi connectivity index (χ3n) is 3.18. The van der Waals surface area contributed by atoms with E-state index in [2.05, 4.69) is 30.4 Å². The largest absolute Gasteiger partial charge is 0.492 e. The van der Waals surface area contributed by atoms with Crippen LogP contribution in [0, 0.1) is 6.92 Å². The van der Waals surface area contributed by atoms with Crippen molar-refractivity contribution in [1.82, 2.24) is 0 Å². The summed E-state index contributed by atoms with van der Waals surface area (Å²) < 4.78 is 17.0. The lowest BCUT2D eigenvalue weighted by atomic mass is 10.1. The Morgan fingerprint density at radius 1 is 1.39 bits per heavy atom. The van der Waals surface area contributed by atoms with Crippen LogP contribution in [0.2, 0.25) is 0 Å². The maximum absolute atomic E-state index is 11.3. The summed E-state index contributed by atoms with van der Waals surface area (Å²) in [5.41, 5.74) is 2.26. The molecule has 3 nitrogen and oxygen atoms in total. The number of aryl methyl sites for hydroxylation is 1. The molecule has 1 aromatic rings. The van der Waals surface area contributed by atoms with Crippen LogP contribution in [0.25, 0.3) is 0 Å². The van der Waals surface area contributed by atoms with Gasteiger partial charge in [-0.05, 0) is 44.4 Å². The molecule has 0 aromatic heterocycles. The Hall–Kier alpha value is -1.03. The molecule has 0 amide bonds. The van der Waals surface area contributed by atoms with E-state index < -0.39 is 10.8 Å². The molecule has 100 valence electrons. The van der Waals surface area contributed by atoms with Gasteiger partial charge in [0.15, 0.2) is 0 Å². The zero-order valence-corrected chi connectivity index (χ0v) is 11.9. The molecule has 0 atom stereocenters. The van der Waals surface area contributed by atoms with Gasteiger partial charge in [-0.2, -0.15) is 0 Å². The Labute approximate surface area is 111 Å². The number of ether oxygens (including phenoxy) is 1. The smallest absolute Gasteiger partial charge is 0.142 e. The van der Waals surface area contributed by atoms with Gasteiger partial charge in [-0.1, -0.05) is 6.07 Å². The van der Waals surface area contributed by atoms with Crippen molar-refractivity contribution < 1.29 is 8.95 Å². The SMILES string of the molecule is CCOc1cc(C)ccc1NC1CCS(=O)CC1. The fraction of sp³-hybridized carbons (Fsp3) is 0.571. The molecular weight excluding hydrogens is 246 g/mol. The standard InChI is InChI=1S/C14H21NO2S/c1-3-17-14-10-11(2)4-5-13(14)15-12-6-8-18(16)9-7-12/h4-5,10,12,15H,3,6-9H2,1-2H3. The molecule has 1 saturated heterocycles. The highest BCUT2D eigenvalue weighted by Gasteiger charge is 2.18. The van der Waals surface area contributed by atoms with Crippen LogP contribution < -0.4 is 10.1 Å². The van der Waals surface area contributed by atoms with Crippen LogP contribution in [0.5, 0.6) is 5.75 Å². The fourth-order valence-corrected chi connectivity index (χ4v) is 3.48. The van der Waals surface area contributed by atoms with E-state index in [1.807, 2.05) is 6.92 Å². The summed E-state index contributed by atoms with van der Waals surface area (Å²) in [5, 5.41) is 3.52. The van der Waals surface area contributed by atoms with Crippen LogP contribution in [0.3, 0.4) is 0 Å². The first kappa shape index (κ1) is 13.4. The predicted octanol–water partition coefficient (Wildman–Crippen LogP) is 2.72. The average molecular weight is 267 g/mol. The minimum absolute atomic E-state index is 0.421. The van der Waals surface area contributed by atoms with Gasteiger partial charge in [0.25, 0.3) is 0 Å². The molecule has 2 rings (SSSR count). The molecule has 0 saturated carbocycles. The fourth-order valence-electron chi connectivity index (χ4n) is 2.18. The van der Waals surface area contributed by atoms with Crippen molar-refractivity contribution >= 4 is 16.5 Å². The summed E-state index contributed by atoms with van der Waals surface area (Å²) in [4.78, 5) is 0. The normalized spacial score (nSPS) is 23.7. The van der Waals surface area contributed by atoms with E-state index in [1.165, 1.54) is 5.56 Å². The molecule has 0 unspecified atom stereocenters. The lowest BCUT2D eigenvalue weighted by Crippen LogP contribution is -2.29. The van der Waals surface area contributed by atoms with Gasteiger partial charge in [0.2, 0.25) is 0 Å². The summed E-state index contributed by atoms with van der Waals surface area (Å²) in [6, 6.07) is 6.65. The van der Waals surface area contributed by atoms with Crippen molar-refractivity contribution in [2.24, 2.45) is 0 Å². The molecule has 18 heavy (non-hydrogen) atoms. The molecule has 0 aliphatic carbocycles. The monoisotopic (exact) mass is 267 g/mol. The second-order valence-corrected chi connectivity index (χ2v) is 6.40. The van der Waals surface area contributed by atoms with Crippen molar-refractivity contribution in [1.29, 1.82) is 0 Å². The van der Waals surface area contributed by atoms with Crippen LogP contribution in [-0.4, -0.2) is 28.4 Å². The first-order valence-electron chi connectivity index (χ1n) is 6.54. The van der Waals surface area contributed by atoms with E-state index in [0.29, 0.717) is 12.6 Å². The van der Waals surface area contributed by atoms with E-state index in [-0.39, 0.29) is 0 Å². The van der Waals surface area contributed by atoms with Gasteiger partial charge >= 0.3 is 0 Å². The molecule has 4 heteroatoms. The summed E-state index contributed by atoms with van der Waals surface area (Å²) in [6.45, 7) is 4.73. The summed E-state index contributed by atoms with van der Waals surface area (Å²) in [6.07, 6.45) is 1.96. The minimum atomic E-state index is -0.603. The highest BCUT2D eigenvalue weighted by molar-refractivity contribution is 7.85. The number of hydrogen-bond donors (Lipinski definition) is 1. The Balaban J connectivity index is 2.05. The first-order valence-corrected chi connectivity index (χ1v) is 8.03. The van der Waals surface area contributed by atoms with Crippen LogP contribution in [-0.2, 0) is 10.8 Å². The number of hydrogen-bond acceptors (Lipinski definition) is 3. The van der Waals surface area contributed by atoms with E-state index in [0.717, 1.165) is 35.8 Å². The summed E-state index contributed by atoms with van der Waals surface area (Å²) in [7, 11) is -0.603. The van der Waals surface area contributed by atoms with E-state index in [1.54, 1.807) is 0 Å². The molecule has 0 radical (unpaired) electrons. The molecule has 1 aliphatic rings. The third kappa shape index (κ3) is 3.48. The lowest BCUT2D eigenvalue weighted by molar-refractivity contribution is 0.341. The van der Waals surface area contributed by atoms with Gasteiger partial charge in [0.05, 0.1) is 12.3 Å². The minimum Gasteiger partial charge on any atom is -0.492 e. The Morgan fingerprint density at radius 2 is 2.11 bits per heavy atom. The number of anilines is 1. The van der Waals surface area contributed by atoms with Gasteiger partial charge in [0.1, 0.15) is 5.75 Å². The summed E-state index contributed by atoms with van der Waals surface area (Å²) in [5.74, 6) is 2.55. The molecular formula is C14H21NO2S. The van der Waals surface area contributed by atoms with Crippen molar-refractivity contribution in [3.05, 3.63) is 23.8 Å². The number of benzene rings is 1.